The van der Waals surface area contributed by atoms with E-state index in [2.05, 4.69) is 208 Å². The molecule has 7 aromatic rings. The molecule has 0 heterocycles. The van der Waals surface area contributed by atoms with Crippen molar-refractivity contribution in [3.8, 4) is 11.5 Å². The van der Waals surface area contributed by atoms with Gasteiger partial charge >= 0.3 is 371 Å². The van der Waals surface area contributed by atoms with Gasteiger partial charge in [0.05, 0.1) is 0 Å². The first-order valence-electron chi connectivity index (χ1n) is 20.9. The molecule has 0 bridgehead atoms. The van der Waals surface area contributed by atoms with Crippen molar-refractivity contribution in [2.75, 3.05) is 13.7 Å². The maximum absolute atomic E-state index is 7.23. The zero-order chi connectivity index (χ0) is 41.2. The van der Waals surface area contributed by atoms with Crippen LogP contribution >= 0.6 is 41.6 Å². The van der Waals surface area contributed by atoms with Gasteiger partial charge in [0.1, 0.15) is 0 Å². The molecule has 0 spiro atoms. The molecule has 6 heteroatoms. The van der Waals surface area contributed by atoms with Crippen LogP contribution in [0.25, 0.3) is 0 Å². The summed E-state index contributed by atoms with van der Waals surface area (Å²) in [6.45, 7) is 5.22. The molecule has 0 saturated carbocycles. The van der Waals surface area contributed by atoms with Gasteiger partial charge in [-0.15, -0.1) is 0 Å². The second-order valence-electron chi connectivity index (χ2n) is 15.7. The van der Waals surface area contributed by atoms with Crippen LogP contribution in [0, 0.1) is 5.92 Å². The average molecular weight is 947 g/mol. The second-order valence-corrected chi connectivity index (χ2v) is 33.5. The molecule has 304 valence electrons. The summed E-state index contributed by atoms with van der Waals surface area (Å²) in [5, 5.41) is 0.768. The van der Waals surface area contributed by atoms with Crippen LogP contribution in [0.4, 0.5) is 0 Å². The van der Waals surface area contributed by atoms with Gasteiger partial charge in [0.25, 0.3) is 0 Å². The van der Waals surface area contributed by atoms with Crippen molar-refractivity contribution < 1.29 is 9.47 Å². The van der Waals surface area contributed by atoms with Crippen LogP contribution in [0.15, 0.2) is 194 Å². The molecule has 1 unspecified atom stereocenters. The first-order valence-corrected chi connectivity index (χ1v) is 29.8. The summed E-state index contributed by atoms with van der Waals surface area (Å²) in [5.74, 6) is 2.23. The summed E-state index contributed by atoms with van der Waals surface area (Å²) in [4.78, 5) is 0. The van der Waals surface area contributed by atoms with Crippen molar-refractivity contribution >= 4 is 73.4 Å². The molecule has 0 radical (unpaired) electrons. The SMILES string of the molecule is CCCCC(CC)COc1cc(CP(Br)(c2ccccc2)(c2ccccc2)c2ccccc2)c(OC)cc1CP(Br)(c1ccccc1)(c1ccccc1)c1ccccc1. The Hall–Kier alpha value is -4.04. The predicted octanol–water partition coefficient (Wildman–Crippen LogP) is 13.0. The van der Waals surface area contributed by atoms with E-state index in [9.17, 15) is 0 Å². The number of hydrogen-bond acceptors (Lipinski definition) is 2. The topological polar surface area (TPSA) is 18.5 Å². The number of hydrogen-bond donors (Lipinski definition) is 0. The summed E-state index contributed by atoms with van der Waals surface area (Å²) >= 11 is 9.51. The van der Waals surface area contributed by atoms with Crippen molar-refractivity contribution in [2.24, 2.45) is 5.92 Å². The summed E-state index contributed by atoms with van der Waals surface area (Å²) in [6.07, 6.45) is 5.96. The van der Waals surface area contributed by atoms with Gasteiger partial charge in [0.2, 0.25) is 0 Å². The summed E-state index contributed by atoms with van der Waals surface area (Å²) in [7, 11) is 1.82. The zero-order valence-electron chi connectivity index (χ0n) is 34.5. The van der Waals surface area contributed by atoms with E-state index in [0.29, 0.717) is 24.8 Å². The van der Waals surface area contributed by atoms with Crippen LogP contribution in [-0.2, 0) is 12.3 Å². The fourth-order valence-corrected chi connectivity index (χ4v) is 24.1. The molecule has 0 aliphatic rings. The zero-order valence-corrected chi connectivity index (χ0v) is 39.4. The molecule has 2 nitrogen and oxygen atoms in total. The Bertz CT molecular complexity index is 2200. The molecule has 0 aromatic heterocycles. The van der Waals surface area contributed by atoms with E-state index in [1.54, 1.807) is 0 Å². The van der Waals surface area contributed by atoms with Crippen molar-refractivity contribution in [1.82, 2.24) is 0 Å². The first-order chi connectivity index (χ1) is 28.8. The minimum atomic E-state index is -3.41. The molecule has 0 saturated heterocycles. The Morgan fingerprint density at radius 3 is 1.05 bits per heavy atom. The number of unbranched alkanes of at least 4 members (excludes halogenated alkanes) is 1. The van der Waals surface area contributed by atoms with Gasteiger partial charge in [-0.2, -0.15) is 0 Å². The van der Waals surface area contributed by atoms with Crippen molar-refractivity contribution in [1.29, 1.82) is 0 Å². The van der Waals surface area contributed by atoms with Crippen LogP contribution in [0.1, 0.15) is 50.7 Å². The van der Waals surface area contributed by atoms with E-state index < -0.39 is 10.6 Å². The molecule has 0 amide bonds. The maximum atomic E-state index is 7.23. The Morgan fingerprint density at radius 1 is 0.458 bits per heavy atom. The Balaban J connectivity index is 1.51. The average Bonchev–Trinajstić information content (AvgIpc) is 3.31. The van der Waals surface area contributed by atoms with Gasteiger partial charge < -0.3 is 0 Å². The quantitative estimate of drug-likeness (QED) is 0.0798. The van der Waals surface area contributed by atoms with Gasteiger partial charge in [-0.25, -0.2) is 0 Å². The van der Waals surface area contributed by atoms with E-state index in [1.165, 1.54) is 44.7 Å². The van der Waals surface area contributed by atoms with E-state index in [4.69, 9.17) is 40.5 Å². The molecule has 0 aliphatic carbocycles. The molecule has 0 N–H and O–H groups in total. The molecule has 1 atom stereocenters. The first kappa shape index (κ1) is 43.1. The fourth-order valence-electron chi connectivity index (χ4n) is 8.84. The van der Waals surface area contributed by atoms with Gasteiger partial charge in [0.15, 0.2) is 0 Å². The second kappa shape index (κ2) is 18.7. The molecule has 0 fully saturated rings. The molecule has 7 rings (SSSR count). The van der Waals surface area contributed by atoms with E-state index in [-0.39, 0.29) is 0 Å². The number of halogens is 2. The van der Waals surface area contributed by atoms with Crippen molar-refractivity contribution in [3.63, 3.8) is 0 Å². The van der Waals surface area contributed by atoms with Crippen LogP contribution in [0.3, 0.4) is 0 Å². The summed E-state index contributed by atoms with van der Waals surface area (Å²) < 4.78 is 13.8. The Morgan fingerprint density at radius 2 is 0.763 bits per heavy atom. The third kappa shape index (κ3) is 8.24. The fraction of sp³-hybridized carbons (Fsp3) is 0.208. The van der Waals surface area contributed by atoms with Gasteiger partial charge in [-0.3, -0.25) is 0 Å². The normalized spacial score (nSPS) is 13.6. The van der Waals surface area contributed by atoms with Crippen molar-refractivity contribution in [3.05, 3.63) is 205 Å². The van der Waals surface area contributed by atoms with Crippen LogP contribution in [-0.4, -0.2) is 13.7 Å². The van der Waals surface area contributed by atoms with E-state index >= 15 is 0 Å². The minimum absolute atomic E-state index is 0.457. The predicted molar refractivity (Wildman–Crippen MR) is 267 cm³/mol. The molecular weight excluding hydrogens is 890 g/mol. The van der Waals surface area contributed by atoms with Crippen LogP contribution in [0.5, 0.6) is 11.5 Å². The molecule has 59 heavy (non-hydrogen) atoms. The monoisotopic (exact) mass is 944 g/mol. The van der Waals surface area contributed by atoms with Gasteiger partial charge in [-0.1, -0.05) is 0 Å². The summed E-state index contributed by atoms with van der Waals surface area (Å²) in [5.41, 5.74) is 2.23. The molecular formula is C53H56Br2O2P2. The van der Waals surface area contributed by atoms with Gasteiger partial charge in [0, 0.05) is 0 Å². The Kier molecular flexibility index (Phi) is 13.6. The number of methoxy groups -OCH3 is 1. The molecule has 0 aliphatic heterocycles. The third-order valence-electron chi connectivity index (χ3n) is 12.2. The van der Waals surface area contributed by atoms with Gasteiger partial charge in [-0.05, 0) is 0 Å². The molecule has 7 aromatic carbocycles. The summed E-state index contributed by atoms with van der Waals surface area (Å²) in [6, 6.07) is 70.8. The van der Waals surface area contributed by atoms with Crippen LogP contribution in [0.2, 0.25) is 0 Å². The Labute approximate surface area is 368 Å². The standard InChI is InChI=1S/C53H56Br2O2P2/c1-4-6-25-43(5-2)40-57-53-39-44(41-58(54,46-26-13-7-14-27-46,47-28-15-8-16-29-47)48-30-17-9-18-31-48)52(56-3)38-45(53)42-59(55,49-32-19-10-20-33-49,50-34-21-11-22-35-50)51-36-23-12-24-37-51/h7-24,26-39,43H,4-6,25,40-42H2,1-3H3. The number of rotatable bonds is 18. The van der Waals surface area contributed by atoms with E-state index in [0.717, 1.165) is 35.5 Å². The third-order valence-corrected chi connectivity index (χ3v) is 31.2. The van der Waals surface area contributed by atoms with Crippen molar-refractivity contribution in [2.45, 2.75) is 51.9 Å². The van der Waals surface area contributed by atoms with Crippen LogP contribution < -0.4 is 41.3 Å². The number of ether oxygens (including phenoxy) is 2. The number of benzene rings is 7. The van der Waals surface area contributed by atoms with E-state index in [1.807, 2.05) is 7.11 Å².